The fourth-order valence-electron chi connectivity index (χ4n) is 3.57. The van der Waals surface area contributed by atoms with E-state index in [1.54, 1.807) is 5.56 Å². The van der Waals surface area contributed by atoms with Gasteiger partial charge in [-0.2, -0.15) is 0 Å². The van der Waals surface area contributed by atoms with Crippen molar-refractivity contribution in [3.05, 3.63) is 28.8 Å². The van der Waals surface area contributed by atoms with Gasteiger partial charge in [0.1, 0.15) is 5.75 Å². The zero-order valence-electron chi connectivity index (χ0n) is 10.4. The van der Waals surface area contributed by atoms with E-state index in [4.69, 9.17) is 0 Å². The molecule has 0 aliphatic heterocycles. The summed E-state index contributed by atoms with van der Waals surface area (Å²) in [5.74, 6) is 1.87. The molecule has 16 heavy (non-hydrogen) atoms. The van der Waals surface area contributed by atoms with Crippen LogP contribution in [0.25, 0.3) is 0 Å². The lowest BCUT2D eigenvalue weighted by molar-refractivity contribution is 0.469. The van der Waals surface area contributed by atoms with E-state index >= 15 is 0 Å². The average molecular weight is 216 g/mol. The Balaban J connectivity index is 2.22. The van der Waals surface area contributed by atoms with Gasteiger partial charge in [0, 0.05) is 0 Å². The van der Waals surface area contributed by atoms with Crippen LogP contribution in [-0.2, 0) is 11.8 Å². The Kier molecular flexibility index (Phi) is 1.93. The molecule has 86 valence electrons. The molecule has 1 heteroatoms. The number of hydrogen-bond donors (Lipinski definition) is 1. The lowest BCUT2D eigenvalue weighted by Crippen LogP contribution is -2.17. The van der Waals surface area contributed by atoms with Crippen molar-refractivity contribution in [1.82, 2.24) is 0 Å². The van der Waals surface area contributed by atoms with Gasteiger partial charge in [0.05, 0.1) is 0 Å². The molecule has 1 N–H and O–H groups in total. The molecule has 1 aromatic carbocycles. The standard InChI is InChI=1S/C15H20O/c1-9(2)13-7-12(16)6-10-4-5-11-8-15(11,3)14(10)13/h6-7,9,11,16H,4-5,8H2,1-3H3. The normalized spacial score (nSPS) is 31.1. The van der Waals surface area contributed by atoms with Crippen molar-refractivity contribution in [2.24, 2.45) is 5.92 Å². The average Bonchev–Trinajstić information content (AvgIpc) is 2.88. The number of fused-ring (bicyclic) bond motifs is 3. The van der Waals surface area contributed by atoms with Crippen LogP contribution in [0.4, 0.5) is 0 Å². The molecule has 0 amide bonds. The molecule has 2 atom stereocenters. The second-order valence-electron chi connectivity index (χ2n) is 6.08. The van der Waals surface area contributed by atoms with Crippen LogP contribution in [0.5, 0.6) is 5.75 Å². The Morgan fingerprint density at radius 2 is 2.12 bits per heavy atom. The molecule has 0 radical (unpaired) electrons. The molecular weight excluding hydrogens is 196 g/mol. The van der Waals surface area contributed by atoms with Crippen LogP contribution in [0.2, 0.25) is 0 Å². The Morgan fingerprint density at radius 1 is 1.38 bits per heavy atom. The van der Waals surface area contributed by atoms with Crippen molar-refractivity contribution < 1.29 is 5.11 Å². The Morgan fingerprint density at radius 3 is 2.81 bits per heavy atom. The van der Waals surface area contributed by atoms with E-state index in [0.717, 1.165) is 12.3 Å². The summed E-state index contributed by atoms with van der Waals surface area (Å²) in [6.45, 7) is 6.85. The molecule has 1 nitrogen and oxygen atoms in total. The summed E-state index contributed by atoms with van der Waals surface area (Å²) in [7, 11) is 0. The summed E-state index contributed by atoms with van der Waals surface area (Å²) >= 11 is 0. The number of phenolic OH excluding ortho intramolecular Hbond substituents is 1. The van der Waals surface area contributed by atoms with Crippen LogP contribution in [-0.4, -0.2) is 5.11 Å². The number of rotatable bonds is 1. The molecular formula is C15H20O. The third kappa shape index (κ3) is 1.24. The summed E-state index contributed by atoms with van der Waals surface area (Å²) in [6.07, 6.45) is 3.82. The first-order valence-electron chi connectivity index (χ1n) is 6.38. The smallest absolute Gasteiger partial charge is 0.116 e. The summed E-state index contributed by atoms with van der Waals surface area (Å²) in [4.78, 5) is 0. The number of benzene rings is 1. The van der Waals surface area contributed by atoms with E-state index in [1.165, 1.54) is 24.0 Å². The van der Waals surface area contributed by atoms with E-state index in [1.807, 2.05) is 12.1 Å². The first kappa shape index (κ1) is 10.2. The Bertz CT molecular complexity index is 447. The first-order chi connectivity index (χ1) is 7.52. The van der Waals surface area contributed by atoms with Crippen molar-refractivity contribution in [2.75, 3.05) is 0 Å². The first-order valence-corrected chi connectivity index (χ1v) is 6.38. The van der Waals surface area contributed by atoms with Gasteiger partial charge < -0.3 is 5.11 Å². The largest absolute Gasteiger partial charge is 0.508 e. The Labute approximate surface area is 97.5 Å². The van der Waals surface area contributed by atoms with E-state index in [2.05, 4.69) is 20.8 Å². The molecule has 3 rings (SSSR count). The van der Waals surface area contributed by atoms with Crippen LogP contribution < -0.4 is 0 Å². The van der Waals surface area contributed by atoms with Gasteiger partial charge in [0.2, 0.25) is 0 Å². The molecule has 2 aliphatic carbocycles. The second kappa shape index (κ2) is 3.03. The number of aromatic hydroxyl groups is 1. The molecule has 1 saturated carbocycles. The number of phenols is 1. The highest BCUT2D eigenvalue weighted by molar-refractivity contribution is 5.52. The van der Waals surface area contributed by atoms with Crippen molar-refractivity contribution in [1.29, 1.82) is 0 Å². The van der Waals surface area contributed by atoms with Gasteiger partial charge in [-0.1, -0.05) is 20.8 Å². The molecule has 1 aromatic rings. The third-order valence-corrected chi connectivity index (χ3v) is 4.60. The molecule has 0 heterocycles. The van der Waals surface area contributed by atoms with Crippen molar-refractivity contribution in [3.63, 3.8) is 0 Å². The molecule has 0 spiro atoms. The SMILES string of the molecule is CC(C)c1cc(O)cc2c1C1(C)CC1CC2. The van der Waals surface area contributed by atoms with Crippen LogP contribution >= 0.6 is 0 Å². The molecule has 1 fully saturated rings. The van der Waals surface area contributed by atoms with E-state index < -0.39 is 0 Å². The molecule has 2 unspecified atom stereocenters. The predicted molar refractivity (Wildman–Crippen MR) is 66.0 cm³/mol. The van der Waals surface area contributed by atoms with Crippen LogP contribution in [0, 0.1) is 5.92 Å². The quantitative estimate of drug-likeness (QED) is 0.758. The second-order valence-corrected chi connectivity index (χ2v) is 6.08. The minimum atomic E-state index is 0.431. The van der Waals surface area contributed by atoms with Gasteiger partial charge in [-0.25, -0.2) is 0 Å². The van der Waals surface area contributed by atoms with Gasteiger partial charge in [-0.05, 0) is 65.3 Å². The topological polar surface area (TPSA) is 20.2 Å². The molecule has 0 aromatic heterocycles. The van der Waals surface area contributed by atoms with Gasteiger partial charge >= 0.3 is 0 Å². The maximum Gasteiger partial charge on any atom is 0.116 e. The van der Waals surface area contributed by atoms with Crippen molar-refractivity contribution >= 4 is 0 Å². The minimum absolute atomic E-state index is 0.431. The van der Waals surface area contributed by atoms with Gasteiger partial charge in [-0.3, -0.25) is 0 Å². The summed E-state index contributed by atoms with van der Waals surface area (Å²) in [5, 5.41) is 9.80. The molecule has 2 aliphatic rings. The zero-order valence-corrected chi connectivity index (χ0v) is 10.4. The lowest BCUT2D eigenvalue weighted by atomic mass is 9.78. The van der Waals surface area contributed by atoms with E-state index in [0.29, 0.717) is 17.1 Å². The van der Waals surface area contributed by atoms with E-state index in [9.17, 15) is 5.11 Å². The zero-order chi connectivity index (χ0) is 11.5. The van der Waals surface area contributed by atoms with Crippen LogP contribution in [0.3, 0.4) is 0 Å². The molecule has 0 saturated heterocycles. The van der Waals surface area contributed by atoms with Gasteiger partial charge in [0.15, 0.2) is 0 Å². The summed E-state index contributed by atoms with van der Waals surface area (Å²) in [6, 6.07) is 3.97. The van der Waals surface area contributed by atoms with Crippen LogP contribution in [0.1, 0.15) is 56.2 Å². The van der Waals surface area contributed by atoms with Crippen molar-refractivity contribution in [2.45, 2.75) is 51.4 Å². The van der Waals surface area contributed by atoms with E-state index in [-0.39, 0.29) is 0 Å². The van der Waals surface area contributed by atoms with Crippen LogP contribution in [0.15, 0.2) is 12.1 Å². The third-order valence-electron chi connectivity index (χ3n) is 4.60. The fourth-order valence-corrected chi connectivity index (χ4v) is 3.57. The fraction of sp³-hybridized carbons (Fsp3) is 0.600. The highest BCUT2D eigenvalue weighted by Crippen LogP contribution is 2.61. The summed E-state index contributed by atoms with van der Waals surface area (Å²) < 4.78 is 0. The number of aryl methyl sites for hydroxylation is 1. The lowest BCUT2D eigenvalue weighted by Gasteiger charge is -2.27. The maximum atomic E-state index is 9.80. The monoisotopic (exact) mass is 216 g/mol. The number of hydrogen-bond acceptors (Lipinski definition) is 1. The minimum Gasteiger partial charge on any atom is -0.508 e. The highest BCUT2D eigenvalue weighted by atomic mass is 16.3. The Hall–Kier alpha value is -0.980. The predicted octanol–water partition coefficient (Wildman–Crippen LogP) is 3.74. The van der Waals surface area contributed by atoms with Gasteiger partial charge in [-0.15, -0.1) is 0 Å². The molecule has 0 bridgehead atoms. The van der Waals surface area contributed by atoms with Gasteiger partial charge in [0.25, 0.3) is 0 Å². The highest BCUT2D eigenvalue weighted by Gasteiger charge is 2.54. The summed E-state index contributed by atoms with van der Waals surface area (Å²) in [5.41, 5.74) is 4.78. The van der Waals surface area contributed by atoms with Crippen molar-refractivity contribution in [3.8, 4) is 5.75 Å². The maximum absolute atomic E-state index is 9.80.